The third-order valence-electron chi connectivity index (χ3n) is 7.15. The van der Waals surface area contributed by atoms with Crippen molar-refractivity contribution < 1.29 is 24.9 Å². The Kier molecular flexibility index (Phi) is 10.4. The fourth-order valence-corrected chi connectivity index (χ4v) is 4.77. The highest BCUT2D eigenvalue weighted by atomic mass is 19.1. The summed E-state index contributed by atoms with van der Waals surface area (Å²) in [6.45, 7) is 2.92. The van der Waals surface area contributed by atoms with E-state index in [2.05, 4.69) is 21.5 Å². The molecule has 5 aromatic rings. The Bertz CT molecular complexity index is 1810. The van der Waals surface area contributed by atoms with Crippen molar-refractivity contribution >= 4 is 51.0 Å². The zero-order chi connectivity index (χ0) is 31.8. The second-order valence-corrected chi connectivity index (χ2v) is 10.4. The highest BCUT2D eigenvalue weighted by molar-refractivity contribution is 6.04. The number of rotatable bonds is 11. The standard InChI is InChI=1S/C25H29FN6O.C7H6FNO2.H2/c1-2-3-10-21-31-23-24(22-19(30-25(23)28)8-7-13-29-22)32(21)14-6-4-5-9-20(33)16-11-12-18(27)17(26)15-16;8-5-3-4(7(10)11)1-2-6(5)9;/h7-8,11-13,15H,2-6,9-10,14,27H2,1H3,(H2,28,30);1-3H,9H2,(H,10,11);1H/i;;1+1. The van der Waals surface area contributed by atoms with Crippen LogP contribution in [0.4, 0.5) is 26.0 Å². The number of nitrogen functional groups attached to an aromatic ring is 3. The number of hydrogen-bond donors (Lipinski definition) is 4. The predicted molar refractivity (Wildman–Crippen MR) is 169 cm³/mol. The number of nitrogens with two attached hydrogens (primary N) is 3. The minimum atomic E-state index is -1.16. The third-order valence-corrected chi connectivity index (χ3v) is 7.15. The number of carboxylic acids is 1. The number of pyridine rings is 2. The van der Waals surface area contributed by atoms with Crippen LogP contribution < -0.4 is 17.2 Å². The summed E-state index contributed by atoms with van der Waals surface area (Å²) in [5.41, 5.74) is 20.3. The summed E-state index contributed by atoms with van der Waals surface area (Å²) in [4.78, 5) is 36.5. The number of fused-ring (bicyclic) bond motifs is 3. The summed E-state index contributed by atoms with van der Waals surface area (Å²) < 4.78 is 28.4. The number of benzene rings is 2. The van der Waals surface area contributed by atoms with Gasteiger partial charge < -0.3 is 26.9 Å². The van der Waals surface area contributed by atoms with Crippen molar-refractivity contribution in [2.75, 3.05) is 17.2 Å². The summed E-state index contributed by atoms with van der Waals surface area (Å²) >= 11 is 0. The Morgan fingerprint density at radius 1 is 0.886 bits per heavy atom. The molecule has 232 valence electrons. The molecule has 0 radical (unpaired) electrons. The normalized spacial score (nSPS) is 11.0. The monoisotopic (exact) mass is 606 g/mol. The van der Waals surface area contributed by atoms with E-state index in [-0.39, 0.29) is 24.1 Å². The molecule has 7 N–H and O–H groups in total. The van der Waals surface area contributed by atoms with Crippen molar-refractivity contribution in [2.24, 2.45) is 0 Å². The van der Waals surface area contributed by atoms with Crippen LogP contribution in [0.2, 0.25) is 0 Å². The summed E-state index contributed by atoms with van der Waals surface area (Å²) in [5, 5.41) is 8.39. The zero-order valence-corrected chi connectivity index (χ0v) is 24.4. The molecule has 0 amide bonds. The number of halogens is 2. The van der Waals surface area contributed by atoms with E-state index >= 15 is 0 Å². The first-order valence-corrected chi connectivity index (χ1v) is 14.4. The molecule has 0 bridgehead atoms. The number of ketones is 1. The first-order valence-electron chi connectivity index (χ1n) is 14.4. The van der Waals surface area contributed by atoms with Crippen molar-refractivity contribution in [3.05, 3.63) is 83.3 Å². The van der Waals surface area contributed by atoms with E-state index in [0.29, 0.717) is 23.3 Å². The number of aromatic carboxylic acids is 1. The van der Waals surface area contributed by atoms with E-state index in [1.807, 2.05) is 12.1 Å². The molecule has 0 spiro atoms. The molecular formula is C32H37F2N7O3. The number of unbranched alkanes of at least 4 members (excludes halogenated alkanes) is 3. The van der Waals surface area contributed by atoms with E-state index in [4.69, 9.17) is 27.3 Å². The van der Waals surface area contributed by atoms with Gasteiger partial charge in [-0.15, -0.1) is 0 Å². The molecule has 0 aliphatic carbocycles. The maximum Gasteiger partial charge on any atom is 0.335 e. The Hall–Kier alpha value is -5.13. The van der Waals surface area contributed by atoms with Crippen LogP contribution in [0.15, 0.2) is 54.7 Å². The largest absolute Gasteiger partial charge is 0.478 e. The molecule has 3 aromatic heterocycles. The summed E-state index contributed by atoms with van der Waals surface area (Å²) in [5.74, 6) is -1.08. The van der Waals surface area contributed by atoms with Gasteiger partial charge in [-0.05, 0) is 67.8 Å². The first-order chi connectivity index (χ1) is 21.1. The Morgan fingerprint density at radius 2 is 1.57 bits per heavy atom. The number of imidazole rings is 1. The number of aryl methyl sites for hydroxylation is 2. The number of carbonyl (C=O) groups excluding carboxylic acids is 1. The van der Waals surface area contributed by atoms with Gasteiger partial charge in [-0.3, -0.25) is 9.78 Å². The average molecular weight is 607 g/mol. The molecule has 3 heterocycles. The Morgan fingerprint density at radius 3 is 2.23 bits per heavy atom. The summed E-state index contributed by atoms with van der Waals surface area (Å²) in [6.07, 6.45) is 7.57. The molecule has 44 heavy (non-hydrogen) atoms. The lowest BCUT2D eigenvalue weighted by Crippen LogP contribution is -2.06. The van der Waals surface area contributed by atoms with Crippen LogP contribution >= 0.6 is 0 Å². The van der Waals surface area contributed by atoms with Crippen molar-refractivity contribution in [1.82, 2.24) is 19.5 Å². The number of Topliss-reactive ketones (excluding diaryl/α,β-unsaturated/α-hetero) is 1. The van der Waals surface area contributed by atoms with Gasteiger partial charge in [0.2, 0.25) is 0 Å². The van der Waals surface area contributed by atoms with Gasteiger partial charge >= 0.3 is 5.97 Å². The molecule has 10 nitrogen and oxygen atoms in total. The fraction of sp³-hybridized carbons (Fsp3) is 0.281. The van der Waals surface area contributed by atoms with Gasteiger partial charge in [0, 0.05) is 32.6 Å². The molecule has 0 unspecified atom stereocenters. The highest BCUT2D eigenvalue weighted by Crippen LogP contribution is 2.28. The number of anilines is 3. The molecule has 2 aromatic carbocycles. The summed E-state index contributed by atoms with van der Waals surface area (Å²) in [7, 11) is 0. The van der Waals surface area contributed by atoms with Gasteiger partial charge in [0.1, 0.15) is 34.0 Å². The average Bonchev–Trinajstić information content (AvgIpc) is 3.38. The van der Waals surface area contributed by atoms with Crippen LogP contribution in [0.1, 0.15) is 73.4 Å². The molecule has 0 fully saturated rings. The van der Waals surface area contributed by atoms with Crippen molar-refractivity contribution in [3.8, 4) is 0 Å². The van der Waals surface area contributed by atoms with Gasteiger partial charge in [-0.2, -0.15) is 0 Å². The topological polar surface area (TPSA) is 176 Å². The third kappa shape index (κ3) is 7.44. The quantitative estimate of drug-likeness (QED) is 0.0750. The zero-order valence-electron chi connectivity index (χ0n) is 24.4. The van der Waals surface area contributed by atoms with Crippen molar-refractivity contribution in [3.63, 3.8) is 0 Å². The van der Waals surface area contributed by atoms with Crippen molar-refractivity contribution in [1.29, 1.82) is 0 Å². The molecule has 0 atom stereocenters. The molecule has 0 saturated carbocycles. The molecule has 0 aliphatic heterocycles. The minimum absolute atomic E-state index is 0. The van der Waals surface area contributed by atoms with Crippen LogP contribution in [-0.4, -0.2) is 36.4 Å². The maximum atomic E-state index is 13.6. The molecule has 0 aliphatic rings. The minimum Gasteiger partial charge on any atom is -0.478 e. The van der Waals surface area contributed by atoms with E-state index in [1.54, 1.807) is 12.3 Å². The maximum absolute atomic E-state index is 13.6. The predicted octanol–water partition coefficient (Wildman–Crippen LogP) is 6.42. The van der Waals surface area contributed by atoms with Crippen LogP contribution in [0, 0.1) is 11.6 Å². The van der Waals surface area contributed by atoms with E-state index in [9.17, 15) is 18.4 Å². The highest BCUT2D eigenvalue weighted by Gasteiger charge is 2.18. The smallest absolute Gasteiger partial charge is 0.335 e. The second-order valence-electron chi connectivity index (χ2n) is 10.4. The van der Waals surface area contributed by atoms with Gasteiger partial charge in [0.25, 0.3) is 0 Å². The number of carboxylic acid groups (broad SMARTS) is 1. The van der Waals surface area contributed by atoms with Crippen LogP contribution in [-0.2, 0) is 13.0 Å². The van der Waals surface area contributed by atoms with Gasteiger partial charge in [-0.1, -0.05) is 19.8 Å². The molecular weight excluding hydrogens is 568 g/mol. The number of hydrogen-bond acceptors (Lipinski definition) is 8. The van der Waals surface area contributed by atoms with Crippen LogP contribution in [0.3, 0.4) is 0 Å². The lowest BCUT2D eigenvalue weighted by atomic mass is 10.0. The van der Waals surface area contributed by atoms with Crippen LogP contribution in [0.25, 0.3) is 22.1 Å². The number of nitrogens with zero attached hydrogens (tertiary/aromatic N) is 4. The number of aromatic nitrogens is 4. The first kappa shape index (κ1) is 31.8. The Labute approximate surface area is 254 Å². The van der Waals surface area contributed by atoms with Crippen molar-refractivity contribution in [2.45, 2.75) is 58.4 Å². The van der Waals surface area contributed by atoms with E-state index in [1.165, 1.54) is 24.3 Å². The van der Waals surface area contributed by atoms with Gasteiger partial charge in [0.15, 0.2) is 11.6 Å². The SMILES string of the molecule is CCCCc1nc2c(N)nc3cccnc3c2n1CCCCCC(=O)c1ccc(N)c(F)c1.Nc1ccc(C(=O)O)cc1F.[2HH]. The molecule has 5 rings (SSSR count). The van der Waals surface area contributed by atoms with Gasteiger partial charge in [-0.25, -0.2) is 23.5 Å². The van der Waals surface area contributed by atoms with Crippen LogP contribution in [0.5, 0.6) is 0 Å². The Balaban J connectivity index is 0.000000391. The second kappa shape index (κ2) is 14.4. The lowest BCUT2D eigenvalue weighted by molar-refractivity contribution is 0.0696. The van der Waals surface area contributed by atoms with E-state index in [0.717, 1.165) is 73.5 Å². The number of carbonyl (C=O) groups is 2. The fourth-order valence-electron chi connectivity index (χ4n) is 4.77. The molecule has 0 saturated heterocycles. The van der Waals surface area contributed by atoms with E-state index < -0.39 is 17.6 Å². The lowest BCUT2D eigenvalue weighted by Gasteiger charge is -2.10. The van der Waals surface area contributed by atoms with Gasteiger partial charge in [0.05, 0.1) is 22.5 Å². The molecule has 12 heteroatoms. The summed E-state index contributed by atoms with van der Waals surface area (Å²) in [6, 6.07) is 11.3.